The number of ketones is 1. The predicted molar refractivity (Wildman–Crippen MR) is 140 cm³/mol. The molecule has 6 nitrogen and oxygen atoms in total. The number of hydrogen-bond acceptors (Lipinski definition) is 6. The molecule has 8 heteroatoms. The van der Waals surface area contributed by atoms with E-state index in [4.69, 9.17) is 14.8 Å². The molecule has 0 radical (unpaired) electrons. The Hall–Kier alpha value is -2.58. The number of fused-ring (bicyclic) bond motifs is 1. The number of Topliss-reactive ketones (excluding diaryl/α,β-unsaturated/α-hetero) is 1. The molecule has 4 rings (SSSR count). The maximum absolute atomic E-state index is 12.8. The zero-order valence-electron chi connectivity index (χ0n) is 19.9. The molecule has 178 valence electrons. The van der Waals surface area contributed by atoms with Gasteiger partial charge in [0, 0.05) is 27.1 Å². The van der Waals surface area contributed by atoms with Gasteiger partial charge in [-0.2, -0.15) is 4.98 Å². The number of nitrogens with zero attached hydrogens (tertiary/aromatic N) is 3. The quantitative estimate of drug-likeness (QED) is 0.240. The van der Waals surface area contributed by atoms with Crippen molar-refractivity contribution in [3.8, 4) is 5.75 Å². The molecule has 2 heterocycles. The number of carbonyl (C=O) groups excluding carboxylic acids is 1. The van der Waals surface area contributed by atoms with E-state index in [2.05, 4.69) is 59.4 Å². The second-order valence-electron chi connectivity index (χ2n) is 8.44. The first-order valence-electron chi connectivity index (χ1n) is 11.4. The van der Waals surface area contributed by atoms with E-state index in [0.29, 0.717) is 29.0 Å². The Balaban J connectivity index is 1.74. The van der Waals surface area contributed by atoms with Gasteiger partial charge in [-0.3, -0.25) is 4.79 Å². The molecule has 0 fully saturated rings. The highest BCUT2D eigenvalue weighted by molar-refractivity contribution is 9.10. The monoisotopic (exact) mass is 540 g/mol. The lowest BCUT2D eigenvalue weighted by molar-refractivity contribution is -0.114. The smallest absolute Gasteiger partial charge is 0.227 e. The number of ether oxygens (including phenoxy) is 1. The molecule has 1 unspecified atom stereocenters. The number of thioether (sulfide) groups is 1. The Bertz CT molecular complexity index is 1220. The van der Waals surface area contributed by atoms with E-state index in [1.165, 1.54) is 5.56 Å². The molecule has 3 aromatic rings. The number of benzene rings is 2. The molecule has 1 aliphatic rings. The van der Waals surface area contributed by atoms with E-state index in [1.54, 1.807) is 18.7 Å². The number of aryl methyl sites for hydroxylation is 1. The maximum Gasteiger partial charge on any atom is 0.227 e. The zero-order chi connectivity index (χ0) is 24.2. The summed E-state index contributed by atoms with van der Waals surface area (Å²) in [6, 6.07) is 13.8. The Morgan fingerprint density at radius 2 is 1.97 bits per heavy atom. The molecular weight excluding hydrogens is 512 g/mol. The van der Waals surface area contributed by atoms with Gasteiger partial charge in [0.15, 0.2) is 5.78 Å². The van der Waals surface area contributed by atoms with Crippen molar-refractivity contribution in [1.29, 1.82) is 0 Å². The van der Waals surface area contributed by atoms with Crippen LogP contribution in [0.4, 0.5) is 5.95 Å². The van der Waals surface area contributed by atoms with Crippen LogP contribution in [0.2, 0.25) is 0 Å². The van der Waals surface area contributed by atoms with Crippen molar-refractivity contribution < 1.29 is 9.53 Å². The minimum absolute atomic E-state index is 0.0132. The van der Waals surface area contributed by atoms with E-state index in [9.17, 15) is 4.79 Å². The SMILES string of the molecule is CCCCSc1nc2n(n1)C(c1cc(Br)ccc1OCc1ccc(C)cc1)C(C(C)=O)=C(C)N2. The number of anilines is 1. The van der Waals surface area contributed by atoms with Gasteiger partial charge in [0.1, 0.15) is 18.4 Å². The molecule has 0 amide bonds. The fourth-order valence-electron chi connectivity index (χ4n) is 3.95. The Morgan fingerprint density at radius 1 is 1.21 bits per heavy atom. The van der Waals surface area contributed by atoms with Crippen LogP contribution in [-0.2, 0) is 11.4 Å². The maximum atomic E-state index is 12.8. The van der Waals surface area contributed by atoms with Crippen molar-refractivity contribution >= 4 is 39.4 Å². The van der Waals surface area contributed by atoms with Crippen LogP contribution in [0.3, 0.4) is 0 Å². The number of carbonyl (C=O) groups is 1. The van der Waals surface area contributed by atoms with Gasteiger partial charge in [-0.25, -0.2) is 4.68 Å². The van der Waals surface area contributed by atoms with E-state index in [0.717, 1.165) is 39.9 Å². The van der Waals surface area contributed by atoms with Gasteiger partial charge >= 0.3 is 0 Å². The predicted octanol–water partition coefficient (Wildman–Crippen LogP) is 6.70. The molecule has 0 aliphatic carbocycles. The van der Waals surface area contributed by atoms with Gasteiger partial charge in [-0.15, -0.1) is 5.10 Å². The zero-order valence-corrected chi connectivity index (χ0v) is 22.3. The lowest BCUT2D eigenvalue weighted by Crippen LogP contribution is -2.28. The summed E-state index contributed by atoms with van der Waals surface area (Å²) in [5, 5.41) is 8.78. The second kappa shape index (κ2) is 10.8. The van der Waals surface area contributed by atoms with Gasteiger partial charge in [-0.05, 0) is 51.0 Å². The second-order valence-corrected chi connectivity index (χ2v) is 10.4. The topological polar surface area (TPSA) is 69.0 Å². The summed E-state index contributed by atoms with van der Waals surface area (Å²) in [5.74, 6) is 2.29. The van der Waals surface area contributed by atoms with Crippen LogP contribution in [0.1, 0.15) is 56.3 Å². The van der Waals surface area contributed by atoms with E-state index in [-0.39, 0.29) is 5.78 Å². The largest absolute Gasteiger partial charge is 0.489 e. The molecule has 1 atom stereocenters. The van der Waals surface area contributed by atoms with Crippen LogP contribution in [-0.4, -0.2) is 26.3 Å². The van der Waals surface area contributed by atoms with Crippen molar-refractivity contribution in [1.82, 2.24) is 14.8 Å². The number of allylic oxidation sites excluding steroid dienone is 2. The van der Waals surface area contributed by atoms with Gasteiger partial charge in [0.05, 0.1) is 0 Å². The van der Waals surface area contributed by atoms with E-state index < -0.39 is 6.04 Å². The van der Waals surface area contributed by atoms with E-state index >= 15 is 0 Å². The van der Waals surface area contributed by atoms with Crippen molar-refractivity contribution in [2.45, 2.75) is 58.3 Å². The molecule has 0 bridgehead atoms. The third kappa shape index (κ3) is 5.39. The van der Waals surface area contributed by atoms with Crippen molar-refractivity contribution in [3.63, 3.8) is 0 Å². The van der Waals surface area contributed by atoms with Crippen LogP contribution in [0.25, 0.3) is 0 Å². The van der Waals surface area contributed by atoms with Crippen molar-refractivity contribution in [2.75, 3.05) is 11.1 Å². The molecule has 1 aliphatic heterocycles. The number of unbranched alkanes of at least 4 members (excludes halogenated alkanes) is 1. The molecule has 2 aromatic carbocycles. The van der Waals surface area contributed by atoms with Crippen LogP contribution < -0.4 is 10.1 Å². The number of hydrogen-bond donors (Lipinski definition) is 1. The average molecular weight is 542 g/mol. The summed E-state index contributed by atoms with van der Waals surface area (Å²) < 4.78 is 9.02. The minimum Gasteiger partial charge on any atom is -0.489 e. The summed E-state index contributed by atoms with van der Waals surface area (Å²) in [7, 11) is 0. The Kier molecular flexibility index (Phi) is 7.78. The molecule has 1 aromatic heterocycles. The molecular formula is C26H29BrN4O2S. The Labute approximate surface area is 213 Å². The highest BCUT2D eigenvalue weighted by Gasteiger charge is 2.34. The average Bonchev–Trinajstić information content (AvgIpc) is 3.20. The molecule has 0 saturated carbocycles. The van der Waals surface area contributed by atoms with Crippen LogP contribution in [0.5, 0.6) is 5.75 Å². The summed E-state index contributed by atoms with van der Waals surface area (Å²) in [6.45, 7) is 8.17. The minimum atomic E-state index is -0.438. The van der Waals surface area contributed by atoms with Gasteiger partial charge in [0.25, 0.3) is 0 Å². The molecule has 0 spiro atoms. The highest BCUT2D eigenvalue weighted by atomic mass is 79.9. The summed E-state index contributed by atoms with van der Waals surface area (Å²) in [5.41, 5.74) is 4.59. The third-order valence-corrected chi connectivity index (χ3v) is 7.14. The van der Waals surface area contributed by atoms with Gasteiger partial charge < -0.3 is 10.1 Å². The first-order valence-corrected chi connectivity index (χ1v) is 13.2. The molecule has 34 heavy (non-hydrogen) atoms. The van der Waals surface area contributed by atoms with Gasteiger partial charge in [0.2, 0.25) is 11.1 Å². The van der Waals surface area contributed by atoms with Crippen molar-refractivity contribution in [2.24, 2.45) is 0 Å². The number of aromatic nitrogens is 3. The first-order chi connectivity index (χ1) is 16.4. The van der Waals surface area contributed by atoms with Crippen LogP contribution >= 0.6 is 27.7 Å². The fraction of sp³-hybridized carbons (Fsp3) is 0.346. The summed E-state index contributed by atoms with van der Waals surface area (Å²) in [4.78, 5) is 17.5. The van der Waals surface area contributed by atoms with Crippen molar-refractivity contribution in [3.05, 3.63) is 74.9 Å². The highest BCUT2D eigenvalue weighted by Crippen LogP contribution is 2.41. The van der Waals surface area contributed by atoms with Crippen LogP contribution in [0.15, 0.2) is 63.4 Å². The number of halogens is 1. The first kappa shape index (κ1) is 24.5. The summed E-state index contributed by atoms with van der Waals surface area (Å²) in [6.07, 6.45) is 2.22. The summed E-state index contributed by atoms with van der Waals surface area (Å²) >= 11 is 5.24. The van der Waals surface area contributed by atoms with E-state index in [1.807, 2.05) is 29.8 Å². The third-order valence-electron chi connectivity index (χ3n) is 5.72. The normalized spacial score (nSPS) is 15.1. The van der Waals surface area contributed by atoms with Gasteiger partial charge in [-0.1, -0.05) is 70.9 Å². The number of nitrogens with one attached hydrogen (secondary N) is 1. The molecule has 0 saturated heterocycles. The standard InChI is InChI=1S/C26H29BrN4O2S/c1-5-6-13-34-26-29-25-28-17(3)23(18(4)32)24(31(25)30-26)21-14-20(27)11-12-22(21)33-15-19-9-7-16(2)8-10-19/h7-12,14,24H,5-6,13,15H2,1-4H3,(H,28,29,30). The fourth-order valence-corrected chi connectivity index (χ4v) is 5.25. The number of rotatable bonds is 9. The lowest BCUT2D eigenvalue weighted by Gasteiger charge is -2.29. The van der Waals surface area contributed by atoms with Crippen LogP contribution in [0, 0.1) is 6.92 Å². The Morgan fingerprint density at radius 3 is 2.68 bits per heavy atom. The lowest BCUT2D eigenvalue weighted by atomic mass is 9.92. The molecule has 1 N–H and O–H groups in total.